The number of hydrogen-bond donors (Lipinski definition) is 1. The first-order valence-electron chi connectivity index (χ1n) is 7.08. The third-order valence-electron chi connectivity index (χ3n) is 3.76. The van der Waals surface area contributed by atoms with Crippen molar-refractivity contribution in [3.05, 3.63) is 48.1 Å². The highest BCUT2D eigenvalue weighted by atomic mass is 19.1. The van der Waals surface area contributed by atoms with Crippen LogP contribution < -0.4 is 5.32 Å². The van der Waals surface area contributed by atoms with Crippen LogP contribution in [-0.2, 0) is 6.54 Å². The van der Waals surface area contributed by atoms with Gasteiger partial charge in [0.25, 0.3) is 0 Å². The lowest BCUT2D eigenvalue weighted by molar-refractivity contribution is 0.574. The highest BCUT2D eigenvalue weighted by molar-refractivity contribution is 5.82. The number of fused-ring (bicyclic) bond motifs is 1. The van der Waals surface area contributed by atoms with E-state index in [0.29, 0.717) is 22.9 Å². The minimum Gasteiger partial charge on any atom is -0.364 e. The van der Waals surface area contributed by atoms with E-state index in [1.807, 2.05) is 4.57 Å². The minimum atomic E-state index is -0.589. The van der Waals surface area contributed by atoms with Crippen LogP contribution in [0.3, 0.4) is 0 Å². The first-order chi connectivity index (χ1) is 10.7. The van der Waals surface area contributed by atoms with E-state index in [0.717, 1.165) is 24.6 Å². The molecule has 7 heteroatoms. The second-order valence-corrected chi connectivity index (χ2v) is 5.37. The van der Waals surface area contributed by atoms with Gasteiger partial charge in [-0.15, -0.1) is 0 Å². The van der Waals surface area contributed by atoms with Crippen LogP contribution in [0.5, 0.6) is 0 Å². The summed E-state index contributed by atoms with van der Waals surface area (Å²) in [6, 6.07) is 3.99. The first kappa shape index (κ1) is 13.1. The van der Waals surface area contributed by atoms with Crippen molar-refractivity contribution < 1.29 is 8.78 Å². The van der Waals surface area contributed by atoms with Crippen LogP contribution in [0.2, 0.25) is 0 Å². The van der Waals surface area contributed by atoms with Crippen LogP contribution >= 0.6 is 0 Å². The van der Waals surface area contributed by atoms with E-state index in [1.54, 1.807) is 6.33 Å². The van der Waals surface area contributed by atoms with Crippen LogP contribution in [-0.4, -0.2) is 19.5 Å². The van der Waals surface area contributed by atoms with E-state index >= 15 is 0 Å². The van der Waals surface area contributed by atoms with Crippen LogP contribution in [0.25, 0.3) is 11.2 Å². The van der Waals surface area contributed by atoms with E-state index in [-0.39, 0.29) is 6.54 Å². The Morgan fingerprint density at radius 3 is 2.82 bits per heavy atom. The molecule has 5 nitrogen and oxygen atoms in total. The summed E-state index contributed by atoms with van der Waals surface area (Å²) in [5.41, 5.74) is 1.81. The van der Waals surface area contributed by atoms with Crippen molar-refractivity contribution in [2.75, 3.05) is 5.32 Å². The summed E-state index contributed by atoms with van der Waals surface area (Å²) >= 11 is 0. The summed E-state index contributed by atoms with van der Waals surface area (Å²) in [5.74, 6) is -0.622. The SMILES string of the molecule is Fc1ccc(CNc2ncnc3c2ncn3C2CC2)c(F)c1. The van der Waals surface area contributed by atoms with E-state index in [9.17, 15) is 8.78 Å². The fourth-order valence-electron chi connectivity index (χ4n) is 2.45. The van der Waals surface area contributed by atoms with Crippen LogP contribution in [0.1, 0.15) is 24.4 Å². The maximum absolute atomic E-state index is 13.7. The zero-order valence-corrected chi connectivity index (χ0v) is 11.6. The topological polar surface area (TPSA) is 55.6 Å². The lowest BCUT2D eigenvalue weighted by atomic mass is 10.2. The Bertz CT molecular complexity index is 841. The number of benzene rings is 1. The molecule has 0 amide bonds. The lowest BCUT2D eigenvalue weighted by Gasteiger charge is -2.07. The number of halogens is 2. The molecule has 0 saturated heterocycles. The molecule has 1 N–H and O–H groups in total. The fourth-order valence-corrected chi connectivity index (χ4v) is 2.45. The molecule has 3 aromatic rings. The normalized spacial score (nSPS) is 14.5. The van der Waals surface area contributed by atoms with Gasteiger partial charge in [0, 0.05) is 24.2 Å². The van der Waals surface area contributed by atoms with Gasteiger partial charge in [0.1, 0.15) is 23.5 Å². The zero-order valence-electron chi connectivity index (χ0n) is 11.6. The maximum Gasteiger partial charge on any atom is 0.165 e. The average Bonchev–Trinajstić information content (AvgIpc) is 3.25. The van der Waals surface area contributed by atoms with Gasteiger partial charge in [0.2, 0.25) is 0 Å². The Hall–Kier alpha value is -2.57. The van der Waals surface area contributed by atoms with Crippen molar-refractivity contribution in [1.29, 1.82) is 0 Å². The molecule has 1 saturated carbocycles. The van der Waals surface area contributed by atoms with Gasteiger partial charge in [-0.05, 0) is 18.9 Å². The quantitative estimate of drug-likeness (QED) is 0.804. The monoisotopic (exact) mass is 301 g/mol. The molecule has 1 fully saturated rings. The van der Waals surface area contributed by atoms with Gasteiger partial charge >= 0.3 is 0 Å². The highest BCUT2D eigenvalue weighted by Gasteiger charge is 2.26. The summed E-state index contributed by atoms with van der Waals surface area (Å²) in [6.07, 6.45) is 5.50. The van der Waals surface area contributed by atoms with Gasteiger partial charge in [-0.25, -0.2) is 23.7 Å². The molecule has 0 aliphatic heterocycles. The molecular formula is C15H13F2N5. The molecular weight excluding hydrogens is 288 g/mol. The van der Waals surface area contributed by atoms with Gasteiger partial charge in [-0.2, -0.15) is 0 Å². The van der Waals surface area contributed by atoms with Gasteiger partial charge < -0.3 is 9.88 Å². The lowest BCUT2D eigenvalue weighted by Crippen LogP contribution is -2.05. The van der Waals surface area contributed by atoms with Gasteiger partial charge in [-0.1, -0.05) is 6.07 Å². The van der Waals surface area contributed by atoms with Crippen LogP contribution in [0, 0.1) is 11.6 Å². The number of hydrogen-bond acceptors (Lipinski definition) is 4. The number of rotatable bonds is 4. The van der Waals surface area contributed by atoms with Crippen molar-refractivity contribution in [2.45, 2.75) is 25.4 Å². The number of aromatic nitrogens is 4. The largest absolute Gasteiger partial charge is 0.364 e. The standard InChI is InChI=1S/C15H13F2N5/c16-10-2-1-9(12(17)5-10)6-18-14-13-15(20-7-19-14)22(8-21-13)11-3-4-11/h1-2,5,7-8,11H,3-4,6H2,(H,18,19,20). The molecule has 0 atom stereocenters. The van der Waals surface area contributed by atoms with Crippen LogP contribution in [0.4, 0.5) is 14.6 Å². The second kappa shape index (κ2) is 5.01. The summed E-state index contributed by atoms with van der Waals surface area (Å²) < 4.78 is 28.6. The summed E-state index contributed by atoms with van der Waals surface area (Å²) in [4.78, 5) is 12.8. The van der Waals surface area contributed by atoms with E-state index in [4.69, 9.17) is 0 Å². The summed E-state index contributed by atoms with van der Waals surface area (Å²) in [5, 5.41) is 3.05. The third-order valence-corrected chi connectivity index (χ3v) is 3.76. The fraction of sp³-hybridized carbons (Fsp3) is 0.267. The molecule has 1 aliphatic rings. The zero-order chi connectivity index (χ0) is 15.1. The van der Waals surface area contributed by atoms with Crippen LogP contribution in [0.15, 0.2) is 30.9 Å². The Balaban J connectivity index is 1.61. The second-order valence-electron chi connectivity index (χ2n) is 5.37. The Kier molecular flexibility index (Phi) is 2.99. The van der Waals surface area contributed by atoms with E-state index in [1.165, 1.54) is 18.5 Å². The number of nitrogens with one attached hydrogen (secondary N) is 1. The van der Waals surface area contributed by atoms with Crippen molar-refractivity contribution in [2.24, 2.45) is 0 Å². The molecule has 1 aliphatic carbocycles. The molecule has 22 heavy (non-hydrogen) atoms. The Morgan fingerprint density at radius 1 is 1.18 bits per heavy atom. The predicted molar refractivity (Wildman–Crippen MR) is 77.3 cm³/mol. The highest BCUT2D eigenvalue weighted by Crippen LogP contribution is 2.37. The molecule has 0 unspecified atom stereocenters. The average molecular weight is 301 g/mol. The molecule has 0 bridgehead atoms. The number of anilines is 1. The molecule has 0 spiro atoms. The van der Waals surface area contributed by atoms with Gasteiger partial charge in [0.05, 0.1) is 6.33 Å². The number of nitrogens with zero attached hydrogens (tertiary/aromatic N) is 4. The van der Waals surface area contributed by atoms with E-state index < -0.39 is 11.6 Å². The number of imidazole rings is 1. The van der Waals surface area contributed by atoms with Gasteiger partial charge in [-0.3, -0.25) is 0 Å². The van der Waals surface area contributed by atoms with Gasteiger partial charge in [0.15, 0.2) is 11.5 Å². The maximum atomic E-state index is 13.7. The molecule has 2 aromatic heterocycles. The van der Waals surface area contributed by atoms with Crippen molar-refractivity contribution >= 4 is 17.0 Å². The van der Waals surface area contributed by atoms with Crippen molar-refractivity contribution in [1.82, 2.24) is 19.5 Å². The van der Waals surface area contributed by atoms with Crippen molar-refractivity contribution in [3.8, 4) is 0 Å². The smallest absolute Gasteiger partial charge is 0.165 e. The summed E-state index contributed by atoms with van der Waals surface area (Å²) in [7, 11) is 0. The Morgan fingerprint density at radius 2 is 2.05 bits per heavy atom. The molecule has 1 aromatic carbocycles. The minimum absolute atomic E-state index is 0.203. The summed E-state index contributed by atoms with van der Waals surface area (Å²) in [6.45, 7) is 0.203. The predicted octanol–water partition coefficient (Wildman–Crippen LogP) is 3.05. The van der Waals surface area contributed by atoms with E-state index in [2.05, 4.69) is 20.3 Å². The Labute approximate surface area is 125 Å². The molecule has 112 valence electrons. The first-order valence-corrected chi connectivity index (χ1v) is 7.08. The molecule has 4 rings (SSSR count). The molecule has 0 radical (unpaired) electrons. The molecule has 2 heterocycles. The van der Waals surface area contributed by atoms with Crippen molar-refractivity contribution in [3.63, 3.8) is 0 Å². The third kappa shape index (κ3) is 2.28.